The molecule has 1 saturated heterocycles. The largest absolute Gasteiger partial charge is 0.379 e. The maximum atomic E-state index is 13.2. The Morgan fingerprint density at radius 3 is 2.62 bits per heavy atom. The molecule has 2 heterocycles. The van der Waals surface area contributed by atoms with E-state index in [0.717, 1.165) is 35.5 Å². The molecule has 0 bridgehead atoms. The summed E-state index contributed by atoms with van der Waals surface area (Å²) in [4.78, 5) is 16.2. The predicted molar refractivity (Wildman–Crippen MR) is 124 cm³/mol. The average Bonchev–Trinajstić information content (AvgIpc) is 3.10. The Bertz CT molecular complexity index is 1100. The number of hydrogen-bond donors (Lipinski definition) is 1. The highest BCUT2D eigenvalue weighted by atomic mass is 32.2. The highest BCUT2D eigenvalue weighted by molar-refractivity contribution is 7.89. The van der Waals surface area contributed by atoms with Gasteiger partial charge in [0.2, 0.25) is 15.9 Å². The fourth-order valence-electron chi connectivity index (χ4n) is 4.75. The van der Waals surface area contributed by atoms with Crippen molar-refractivity contribution in [2.24, 2.45) is 0 Å². The van der Waals surface area contributed by atoms with E-state index in [9.17, 15) is 13.2 Å². The maximum Gasteiger partial charge on any atom is 0.240 e. The molecule has 0 unspecified atom stereocenters. The van der Waals surface area contributed by atoms with Gasteiger partial charge in [-0.3, -0.25) is 9.69 Å². The van der Waals surface area contributed by atoms with Crippen molar-refractivity contribution in [2.75, 3.05) is 37.7 Å². The van der Waals surface area contributed by atoms with E-state index in [4.69, 9.17) is 4.74 Å². The van der Waals surface area contributed by atoms with Crippen LogP contribution in [0.5, 0.6) is 0 Å². The number of hydrogen-bond acceptors (Lipinski definition) is 5. The second-order valence-corrected chi connectivity index (χ2v) is 10.4. The van der Waals surface area contributed by atoms with Crippen molar-refractivity contribution in [3.63, 3.8) is 0 Å². The Balaban J connectivity index is 1.55. The van der Waals surface area contributed by atoms with Crippen LogP contribution in [0.4, 0.5) is 5.69 Å². The van der Waals surface area contributed by atoms with Crippen LogP contribution < -0.4 is 9.62 Å². The third kappa shape index (κ3) is 4.73. The average molecular weight is 458 g/mol. The third-order valence-corrected chi connectivity index (χ3v) is 7.72. The molecule has 0 aromatic heterocycles. The van der Waals surface area contributed by atoms with E-state index < -0.39 is 10.0 Å². The van der Waals surface area contributed by atoms with Crippen molar-refractivity contribution in [2.45, 2.75) is 44.2 Å². The lowest BCUT2D eigenvalue weighted by molar-refractivity contribution is -0.116. The molecule has 2 aliphatic heterocycles. The molecule has 172 valence electrons. The Morgan fingerprint density at radius 2 is 1.94 bits per heavy atom. The SMILES string of the molecule is CC(=O)N1c2ccc(S(=O)(=O)NC[C@H](c3cccc(C)c3)N3CCOCC3)cc2C[C@H]1C. The molecule has 0 spiro atoms. The Morgan fingerprint density at radius 1 is 1.19 bits per heavy atom. The van der Waals surface area contributed by atoms with E-state index in [1.54, 1.807) is 23.1 Å². The predicted octanol–water partition coefficient (Wildman–Crippen LogP) is 2.64. The van der Waals surface area contributed by atoms with Crippen molar-refractivity contribution < 1.29 is 17.9 Å². The number of fused-ring (bicyclic) bond motifs is 1. The number of ether oxygens (including phenoxy) is 1. The lowest BCUT2D eigenvalue weighted by Crippen LogP contribution is -2.43. The van der Waals surface area contributed by atoms with Gasteiger partial charge in [-0.15, -0.1) is 0 Å². The Kier molecular flexibility index (Phi) is 6.67. The number of aryl methyl sites for hydroxylation is 1. The fraction of sp³-hybridized carbons (Fsp3) is 0.458. The second kappa shape index (κ2) is 9.31. The van der Waals surface area contributed by atoms with Gasteiger partial charge in [-0.1, -0.05) is 29.8 Å². The summed E-state index contributed by atoms with van der Waals surface area (Å²) < 4.78 is 34.7. The summed E-state index contributed by atoms with van der Waals surface area (Å²) in [5.74, 6) is -0.0310. The van der Waals surface area contributed by atoms with Gasteiger partial charge in [-0.2, -0.15) is 0 Å². The van der Waals surface area contributed by atoms with Gasteiger partial charge < -0.3 is 9.64 Å². The lowest BCUT2D eigenvalue weighted by Gasteiger charge is -2.35. The van der Waals surface area contributed by atoms with Crippen LogP contribution in [0, 0.1) is 6.92 Å². The van der Waals surface area contributed by atoms with Gasteiger partial charge >= 0.3 is 0 Å². The molecule has 8 heteroatoms. The molecule has 1 N–H and O–H groups in total. The van der Waals surface area contributed by atoms with E-state index in [1.165, 1.54) is 6.92 Å². The van der Waals surface area contributed by atoms with E-state index >= 15 is 0 Å². The molecule has 0 saturated carbocycles. The number of rotatable bonds is 6. The summed E-state index contributed by atoms with van der Waals surface area (Å²) in [5, 5.41) is 0. The van der Waals surface area contributed by atoms with E-state index in [1.807, 2.05) is 26.0 Å². The Labute approximate surface area is 190 Å². The molecule has 2 aromatic rings. The quantitative estimate of drug-likeness (QED) is 0.722. The summed E-state index contributed by atoms with van der Waals surface area (Å²) in [5.41, 5.74) is 3.93. The van der Waals surface area contributed by atoms with Crippen LogP contribution in [-0.2, 0) is 26.0 Å². The summed E-state index contributed by atoms with van der Waals surface area (Å²) in [7, 11) is -3.70. The highest BCUT2D eigenvalue weighted by Gasteiger charge is 2.31. The molecule has 2 aromatic carbocycles. The first kappa shape index (κ1) is 22.9. The van der Waals surface area contributed by atoms with Crippen molar-refractivity contribution in [3.8, 4) is 0 Å². The van der Waals surface area contributed by atoms with E-state index in [-0.39, 0.29) is 29.4 Å². The maximum absolute atomic E-state index is 13.2. The van der Waals surface area contributed by atoms with Gasteiger partial charge in [-0.05, 0) is 49.6 Å². The van der Waals surface area contributed by atoms with Crippen LogP contribution in [0.3, 0.4) is 0 Å². The van der Waals surface area contributed by atoms with Crippen molar-refractivity contribution in [3.05, 3.63) is 59.2 Å². The summed E-state index contributed by atoms with van der Waals surface area (Å²) in [6.07, 6.45) is 0.651. The first-order chi connectivity index (χ1) is 15.3. The number of morpholine rings is 1. The number of sulfonamides is 1. The first-order valence-corrected chi connectivity index (χ1v) is 12.6. The van der Waals surface area contributed by atoms with E-state index in [2.05, 4.69) is 21.8 Å². The second-order valence-electron chi connectivity index (χ2n) is 8.66. The van der Waals surface area contributed by atoms with Gasteiger partial charge in [0.1, 0.15) is 0 Å². The van der Waals surface area contributed by atoms with Crippen LogP contribution in [0.15, 0.2) is 47.4 Å². The molecule has 0 radical (unpaired) electrons. The van der Waals surface area contributed by atoms with E-state index in [0.29, 0.717) is 19.6 Å². The normalized spacial score (nSPS) is 20.2. The van der Waals surface area contributed by atoms with Crippen molar-refractivity contribution in [1.82, 2.24) is 9.62 Å². The zero-order valence-corrected chi connectivity index (χ0v) is 19.7. The molecule has 0 aliphatic carbocycles. The number of carbonyl (C=O) groups is 1. The van der Waals surface area contributed by atoms with Gasteiger partial charge in [0.25, 0.3) is 0 Å². The smallest absolute Gasteiger partial charge is 0.240 e. The summed E-state index contributed by atoms with van der Waals surface area (Å²) in [6.45, 7) is 8.64. The topological polar surface area (TPSA) is 79.0 Å². The van der Waals surface area contributed by atoms with Gasteiger partial charge in [0, 0.05) is 44.3 Å². The summed E-state index contributed by atoms with van der Waals surface area (Å²) in [6, 6.07) is 13.2. The molecule has 32 heavy (non-hydrogen) atoms. The molecule has 4 rings (SSSR count). The lowest BCUT2D eigenvalue weighted by atomic mass is 10.0. The van der Waals surface area contributed by atoms with Crippen LogP contribution in [0.25, 0.3) is 0 Å². The van der Waals surface area contributed by atoms with Gasteiger partial charge in [-0.25, -0.2) is 13.1 Å². The Hall–Kier alpha value is -2.26. The van der Waals surface area contributed by atoms with Gasteiger partial charge in [0.15, 0.2) is 0 Å². The molecule has 1 amide bonds. The third-order valence-electron chi connectivity index (χ3n) is 6.30. The molecule has 2 aliphatic rings. The molecule has 1 fully saturated rings. The number of benzene rings is 2. The fourth-order valence-corrected chi connectivity index (χ4v) is 5.84. The van der Waals surface area contributed by atoms with Crippen LogP contribution >= 0.6 is 0 Å². The highest BCUT2D eigenvalue weighted by Crippen LogP contribution is 2.34. The minimum atomic E-state index is -3.70. The minimum absolute atomic E-state index is 0.0282. The van der Waals surface area contributed by atoms with Crippen LogP contribution in [0.2, 0.25) is 0 Å². The molecule has 7 nitrogen and oxygen atoms in total. The summed E-state index contributed by atoms with van der Waals surface area (Å²) >= 11 is 0. The van der Waals surface area contributed by atoms with Crippen molar-refractivity contribution >= 4 is 21.6 Å². The standard InChI is InChI=1S/C24H31N3O4S/c1-17-5-4-6-20(13-17)24(26-9-11-31-12-10-26)16-25-32(29,30)22-7-8-23-21(15-22)14-18(2)27(23)19(3)28/h4-8,13,15,18,24-25H,9-12,14,16H2,1-3H3/t18-,24-/m1/s1. The number of anilines is 1. The number of amides is 1. The number of nitrogens with one attached hydrogen (secondary N) is 1. The number of nitrogens with zero attached hydrogens (tertiary/aromatic N) is 2. The van der Waals surface area contributed by atoms with Gasteiger partial charge in [0.05, 0.1) is 18.1 Å². The number of carbonyl (C=O) groups excluding carboxylic acids is 1. The van der Waals surface area contributed by atoms with Crippen LogP contribution in [-0.4, -0.2) is 58.1 Å². The zero-order valence-electron chi connectivity index (χ0n) is 18.9. The monoisotopic (exact) mass is 457 g/mol. The van der Waals surface area contributed by atoms with Crippen molar-refractivity contribution in [1.29, 1.82) is 0 Å². The minimum Gasteiger partial charge on any atom is -0.379 e. The van der Waals surface area contributed by atoms with Crippen LogP contribution in [0.1, 0.15) is 36.6 Å². The molecular formula is C24H31N3O4S. The first-order valence-electron chi connectivity index (χ1n) is 11.1. The zero-order chi connectivity index (χ0) is 22.9. The molecule has 2 atom stereocenters. The molecular weight excluding hydrogens is 426 g/mol.